The van der Waals surface area contributed by atoms with Crippen LogP contribution in [0.25, 0.3) is 0 Å². The fourth-order valence-corrected chi connectivity index (χ4v) is 3.27. The predicted octanol–water partition coefficient (Wildman–Crippen LogP) is 4.35. The highest BCUT2D eigenvalue weighted by molar-refractivity contribution is 7.14. The highest BCUT2D eigenvalue weighted by Crippen LogP contribution is 2.34. The lowest BCUT2D eigenvalue weighted by atomic mass is 10.00. The number of hydrogen-bond donors (Lipinski definition) is 0. The summed E-state index contributed by atoms with van der Waals surface area (Å²) in [5, 5.41) is 2.53. The Labute approximate surface area is 92.9 Å². The van der Waals surface area contributed by atoms with E-state index in [4.69, 9.17) is 23.2 Å². The van der Waals surface area contributed by atoms with Crippen molar-refractivity contribution in [2.75, 3.05) is 0 Å². The summed E-state index contributed by atoms with van der Waals surface area (Å²) in [4.78, 5) is 0. The van der Waals surface area contributed by atoms with E-state index in [0.717, 1.165) is 10.8 Å². The molecule has 2 rings (SSSR count). The van der Waals surface area contributed by atoms with Crippen molar-refractivity contribution in [3.63, 3.8) is 0 Å². The zero-order valence-electron chi connectivity index (χ0n) is 7.30. The second-order valence-electron chi connectivity index (χ2n) is 3.67. The number of hydrogen-bond acceptors (Lipinski definition) is 1. The van der Waals surface area contributed by atoms with Crippen molar-refractivity contribution in [1.82, 2.24) is 0 Å². The van der Waals surface area contributed by atoms with Gasteiger partial charge in [0.05, 0.1) is 4.34 Å². The molecule has 0 spiro atoms. The lowest BCUT2D eigenvalue weighted by Crippen LogP contribution is -2.09. The minimum atomic E-state index is 0.388. The maximum Gasteiger partial charge on any atom is 0.0931 e. The van der Waals surface area contributed by atoms with Gasteiger partial charge < -0.3 is 0 Å². The highest BCUT2D eigenvalue weighted by atomic mass is 35.5. The van der Waals surface area contributed by atoms with E-state index in [9.17, 15) is 0 Å². The summed E-state index contributed by atoms with van der Waals surface area (Å²) in [5.74, 6) is 0.673. The van der Waals surface area contributed by atoms with E-state index in [1.807, 2.05) is 0 Å². The Morgan fingerprint density at radius 1 is 1.46 bits per heavy atom. The van der Waals surface area contributed by atoms with Gasteiger partial charge in [-0.05, 0) is 42.2 Å². The van der Waals surface area contributed by atoms with Gasteiger partial charge in [-0.2, -0.15) is 0 Å². The van der Waals surface area contributed by atoms with Gasteiger partial charge in [-0.3, -0.25) is 0 Å². The molecule has 0 saturated heterocycles. The summed E-state index contributed by atoms with van der Waals surface area (Å²) < 4.78 is 0.888. The molecule has 0 N–H and O–H groups in total. The molecule has 0 radical (unpaired) electrons. The lowest BCUT2D eigenvalue weighted by Gasteiger charge is -2.11. The third-order valence-electron chi connectivity index (χ3n) is 2.69. The van der Waals surface area contributed by atoms with Crippen molar-refractivity contribution in [1.29, 1.82) is 0 Å². The maximum absolute atomic E-state index is 6.21. The molecule has 0 amide bonds. The Morgan fingerprint density at radius 2 is 2.31 bits per heavy atom. The van der Waals surface area contributed by atoms with Crippen LogP contribution in [-0.2, 0) is 6.42 Å². The number of halogens is 2. The molecule has 13 heavy (non-hydrogen) atoms. The van der Waals surface area contributed by atoms with Gasteiger partial charge in [-0.25, -0.2) is 0 Å². The van der Waals surface area contributed by atoms with E-state index >= 15 is 0 Å². The molecule has 0 nitrogen and oxygen atoms in total. The first-order valence-corrected chi connectivity index (χ1v) is 6.32. The second-order valence-corrected chi connectivity index (χ2v) is 5.77. The molecule has 1 aliphatic rings. The molecular weight excluding hydrogens is 223 g/mol. The third-order valence-corrected chi connectivity index (χ3v) is 4.40. The predicted molar refractivity (Wildman–Crippen MR) is 60.0 cm³/mol. The molecule has 1 aliphatic carbocycles. The molecule has 0 aliphatic heterocycles. The van der Waals surface area contributed by atoms with Gasteiger partial charge in [0.2, 0.25) is 0 Å². The van der Waals surface area contributed by atoms with E-state index in [2.05, 4.69) is 11.4 Å². The fraction of sp³-hybridized carbons (Fsp3) is 0.600. The van der Waals surface area contributed by atoms with Crippen LogP contribution >= 0.6 is 34.5 Å². The molecule has 1 saturated carbocycles. The number of alkyl halides is 1. The normalized spacial score (nSPS) is 28.2. The molecule has 3 heteroatoms. The Bertz CT molecular complexity index is 282. The summed E-state index contributed by atoms with van der Waals surface area (Å²) in [6.45, 7) is 0. The summed E-state index contributed by atoms with van der Waals surface area (Å²) >= 11 is 13.7. The Kier molecular flexibility index (Phi) is 3.18. The average Bonchev–Trinajstić information content (AvgIpc) is 2.64. The van der Waals surface area contributed by atoms with Crippen molar-refractivity contribution in [2.24, 2.45) is 5.92 Å². The zero-order valence-corrected chi connectivity index (χ0v) is 9.63. The van der Waals surface area contributed by atoms with E-state index in [0.29, 0.717) is 11.3 Å². The standard InChI is InChI=1S/C10H12Cl2S/c11-9-3-1-2-8(9)4-7-5-10(12)13-6-7/h5-6,8-9H,1-4H2. The Morgan fingerprint density at radius 3 is 2.85 bits per heavy atom. The summed E-state index contributed by atoms with van der Waals surface area (Å²) in [5.41, 5.74) is 1.35. The largest absolute Gasteiger partial charge is 0.132 e. The smallest absolute Gasteiger partial charge is 0.0931 e. The quantitative estimate of drug-likeness (QED) is 0.668. The van der Waals surface area contributed by atoms with Crippen LogP contribution < -0.4 is 0 Å². The van der Waals surface area contributed by atoms with Gasteiger partial charge in [0.25, 0.3) is 0 Å². The van der Waals surface area contributed by atoms with E-state index in [1.54, 1.807) is 11.3 Å². The molecule has 2 atom stereocenters. The Balaban J connectivity index is 1.97. The van der Waals surface area contributed by atoms with Crippen LogP contribution in [0.1, 0.15) is 24.8 Å². The third kappa shape index (κ3) is 2.39. The van der Waals surface area contributed by atoms with Crippen LogP contribution in [0.15, 0.2) is 11.4 Å². The minimum absolute atomic E-state index is 0.388. The first-order chi connectivity index (χ1) is 6.25. The van der Waals surface area contributed by atoms with Gasteiger partial charge in [0.15, 0.2) is 0 Å². The summed E-state index contributed by atoms with van der Waals surface area (Å²) in [7, 11) is 0. The van der Waals surface area contributed by atoms with Crippen molar-refractivity contribution in [3.05, 3.63) is 21.3 Å². The molecular formula is C10H12Cl2S. The lowest BCUT2D eigenvalue weighted by molar-refractivity contribution is 0.553. The topological polar surface area (TPSA) is 0 Å². The molecule has 1 fully saturated rings. The average molecular weight is 235 g/mol. The Hall–Kier alpha value is 0.280. The van der Waals surface area contributed by atoms with E-state index in [-0.39, 0.29) is 0 Å². The number of rotatable bonds is 2. The molecule has 2 unspecified atom stereocenters. The van der Waals surface area contributed by atoms with E-state index in [1.165, 1.54) is 24.8 Å². The molecule has 72 valence electrons. The molecule has 0 bridgehead atoms. The highest BCUT2D eigenvalue weighted by Gasteiger charge is 2.25. The number of thiophene rings is 1. The molecule has 0 aromatic carbocycles. The van der Waals surface area contributed by atoms with Crippen LogP contribution in [-0.4, -0.2) is 5.38 Å². The van der Waals surface area contributed by atoms with Gasteiger partial charge in [-0.15, -0.1) is 22.9 Å². The van der Waals surface area contributed by atoms with Crippen LogP contribution in [0.2, 0.25) is 4.34 Å². The van der Waals surface area contributed by atoms with Crippen molar-refractivity contribution in [3.8, 4) is 0 Å². The summed E-state index contributed by atoms with van der Waals surface area (Å²) in [6.07, 6.45) is 4.86. The first-order valence-electron chi connectivity index (χ1n) is 4.62. The fourth-order valence-electron chi connectivity index (χ4n) is 1.98. The van der Waals surface area contributed by atoms with Crippen LogP contribution in [0, 0.1) is 5.92 Å². The van der Waals surface area contributed by atoms with Crippen LogP contribution in [0.4, 0.5) is 0 Å². The molecule has 1 heterocycles. The van der Waals surface area contributed by atoms with Gasteiger partial charge in [-0.1, -0.05) is 18.0 Å². The van der Waals surface area contributed by atoms with Crippen molar-refractivity contribution >= 4 is 34.5 Å². The SMILES string of the molecule is Clc1cc(CC2CCCC2Cl)cs1. The van der Waals surface area contributed by atoms with E-state index < -0.39 is 0 Å². The monoisotopic (exact) mass is 234 g/mol. The summed E-state index contributed by atoms with van der Waals surface area (Å²) in [6, 6.07) is 2.06. The van der Waals surface area contributed by atoms with Crippen LogP contribution in [0.5, 0.6) is 0 Å². The maximum atomic E-state index is 6.21. The zero-order chi connectivity index (χ0) is 9.26. The van der Waals surface area contributed by atoms with Crippen molar-refractivity contribution < 1.29 is 0 Å². The van der Waals surface area contributed by atoms with Gasteiger partial charge >= 0.3 is 0 Å². The molecule has 1 aromatic rings. The second kappa shape index (κ2) is 4.20. The minimum Gasteiger partial charge on any atom is -0.132 e. The van der Waals surface area contributed by atoms with Gasteiger partial charge in [0.1, 0.15) is 0 Å². The van der Waals surface area contributed by atoms with Crippen molar-refractivity contribution in [2.45, 2.75) is 31.1 Å². The van der Waals surface area contributed by atoms with Gasteiger partial charge in [0, 0.05) is 5.38 Å². The molecule has 1 aromatic heterocycles. The van der Waals surface area contributed by atoms with Crippen LogP contribution in [0.3, 0.4) is 0 Å². The first kappa shape index (κ1) is 9.82.